The van der Waals surface area contributed by atoms with E-state index in [0.29, 0.717) is 28.5 Å². The Hall–Kier alpha value is -2.99. The number of aliphatic imine (C=N–C) groups is 1. The third kappa shape index (κ3) is 7.01. The minimum Gasteiger partial charge on any atom is -0.625 e. The van der Waals surface area contributed by atoms with E-state index in [9.17, 15) is 14.7 Å². The van der Waals surface area contributed by atoms with E-state index < -0.39 is 12.5 Å². The van der Waals surface area contributed by atoms with E-state index in [1.54, 1.807) is 18.2 Å². The number of rotatable bonds is 8. The molecule has 0 unspecified atom stereocenters. The number of halogens is 1. The zero-order chi connectivity index (χ0) is 23.9. The number of nitrogens with zero attached hydrogens (tertiary/aromatic N) is 3. The largest absolute Gasteiger partial charge is 2.00 e. The number of hydrogen-bond donors (Lipinski definition) is 1. The van der Waals surface area contributed by atoms with E-state index in [1.165, 1.54) is 0 Å². The molecular formula is C27H25ClN3NiO3+. The summed E-state index contributed by atoms with van der Waals surface area (Å²) in [6.45, 7) is 1.12. The van der Waals surface area contributed by atoms with Crippen LogP contribution in [0.3, 0.4) is 0 Å². The van der Waals surface area contributed by atoms with Gasteiger partial charge in [-0.15, -0.1) is 5.69 Å². The summed E-state index contributed by atoms with van der Waals surface area (Å²) in [6.07, 6.45) is 1.68. The van der Waals surface area contributed by atoms with E-state index >= 15 is 0 Å². The van der Waals surface area contributed by atoms with Crippen molar-refractivity contribution in [1.29, 1.82) is 0 Å². The summed E-state index contributed by atoms with van der Waals surface area (Å²) >= 11 is 6.28. The quantitative estimate of drug-likeness (QED) is 0.308. The van der Waals surface area contributed by atoms with Crippen LogP contribution in [-0.2, 0) is 32.6 Å². The number of carboxylic acid groups (broad SMARTS) is 1. The zero-order valence-corrected chi connectivity index (χ0v) is 20.7. The fourth-order valence-electron chi connectivity index (χ4n) is 4.18. The van der Waals surface area contributed by atoms with Gasteiger partial charge >= 0.3 is 22.5 Å². The second-order valence-electron chi connectivity index (χ2n) is 8.15. The second kappa shape index (κ2) is 12.6. The number of carboxylic acids is 1. The van der Waals surface area contributed by atoms with Crippen LogP contribution in [0, 0.1) is 0 Å². The first-order valence-electron chi connectivity index (χ1n) is 11.2. The predicted molar refractivity (Wildman–Crippen MR) is 134 cm³/mol. The molecule has 1 aliphatic rings. The van der Waals surface area contributed by atoms with Crippen molar-refractivity contribution in [2.24, 2.45) is 4.99 Å². The first kappa shape index (κ1) is 26.6. The van der Waals surface area contributed by atoms with E-state index in [1.807, 2.05) is 48.5 Å². The van der Waals surface area contributed by atoms with Crippen molar-refractivity contribution < 1.29 is 31.2 Å². The molecule has 35 heavy (non-hydrogen) atoms. The Labute approximate surface area is 219 Å². The van der Waals surface area contributed by atoms with Gasteiger partial charge in [0.25, 0.3) is 0 Å². The third-order valence-electron chi connectivity index (χ3n) is 5.74. The molecule has 1 aliphatic heterocycles. The van der Waals surface area contributed by atoms with Crippen LogP contribution in [0.15, 0.2) is 83.9 Å². The summed E-state index contributed by atoms with van der Waals surface area (Å²) in [4.78, 5) is 31.0. The van der Waals surface area contributed by atoms with Crippen molar-refractivity contribution in [2.45, 2.75) is 25.4 Å². The van der Waals surface area contributed by atoms with Gasteiger partial charge in [-0.3, -0.25) is 14.7 Å². The van der Waals surface area contributed by atoms with Gasteiger partial charge in [-0.25, -0.2) is 0 Å². The number of amides is 1. The van der Waals surface area contributed by atoms with Crippen LogP contribution in [0.4, 0.5) is 5.69 Å². The smallest absolute Gasteiger partial charge is 0.625 e. The number of hydrogen-bond acceptors (Lipinski definition) is 4. The van der Waals surface area contributed by atoms with Crippen LogP contribution < -0.4 is 0 Å². The average molecular weight is 534 g/mol. The van der Waals surface area contributed by atoms with Gasteiger partial charge in [0, 0.05) is 17.1 Å². The van der Waals surface area contributed by atoms with Gasteiger partial charge in [-0.2, -0.15) is 0 Å². The van der Waals surface area contributed by atoms with Crippen molar-refractivity contribution in [1.82, 2.24) is 4.90 Å². The Morgan fingerprint density at radius 1 is 1.03 bits per heavy atom. The molecule has 0 spiro atoms. The van der Waals surface area contributed by atoms with Crippen molar-refractivity contribution in [3.63, 3.8) is 0 Å². The molecule has 1 fully saturated rings. The minimum absolute atomic E-state index is 0. The molecule has 1 amide bonds. The fourth-order valence-corrected chi connectivity index (χ4v) is 4.35. The van der Waals surface area contributed by atoms with Crippen LogP contribution in [0.5, 0.6) is 0 Å². The summed E-state index contributed by atoms with van der Waals surface area (Å²) in [5.74, 6) is -1.27. The molecule has 0 radical (unpaired) electrons. The maximum Gasteiger partial charge on any atom is 2.00 e. The van der Waals surface area contributed by atoms with Gasteiger partial charge in [0.1, 0.15) is 6.54 Å². The standard InChI is InChI=1S/C27H26ClN3O3.Ni/c28-21-13-14-23(22(16-21)26(29-17-25(32)33)20-10-5-2-6-11-20)30-27(34)24-12-7-15-31(24)18-19-8-3-1-4-9-19;/h1-6,8-11,13-14,16,24H,7,12,15,17-18H2,(H2,29,30,32,33,34);/q;+2/p-1/t24-;/m0./s1. The van der Waals surface area contributed by atoms with Crippen LogP contribution in [-0.4, -0.2) is 46.7 Å². The van der Waals surface area contributed by atoms with Crippen LogP contribution in [0.25, 0.3) is 5.32 Å². The molecule has 6 nitrogen and oxygen atoms in total. The molecule has 0 saturated carbocycles. The molecule has 1 atom stereocenters. The van der Waals surface area contributed by atoms with E-state index in [4.69, 9.17) is 11.6 Å². The van der Waals surface area contributed by atoms with Gasteiger partial charge in [-0.1, -0.05) is 78.3 Å². The van der Waals surface area contributed by atoms with Gasteiger partial charge in [0.05, 0.1) is 17.7 Å². The number of carbonyl (C=O) groups is 2. The first-order chi connectivity index (χ1) is 16.5. The fraction of sp³-hybridized carbons (Fsp3) is 0.222. The average Bonchev–Trinajstić information content (AvgIpc) is 3.30. The maximum atomic E-state index is 13.3. The molecule has 0 aromatic heterocycles. The summed E-state index contributed by atoms with van der Waals surface area (Å²) in [5.41, 5.74) is 3.27. The number of carbonyl (C=O) groups excluding carboxylic acids is 1. The number of aliphatic carboxylic acids is 1. The molecule has 0 bridgehead atoms. The third-order valence-corrected chi connectivity index (χ3v) is 5.98. The topological polar surface area (TPSA) is 84.1 Å². The van der Waals surface area contributed by atoms with Crippen molar-refractivity contribution in [2.75, 3.05) is 13.1 Å². The molecule has 1 heterocycles. The Bertz CT molecular complexity index is 1190. The van der Waals surface area contributed by atoms with Crippen molar-refractivity contribution >= 4 is 34.9 Å². The molecular weight excluding hydrogens is 508 g/mol. The van der Waals surface area contributed by atoms with Crippen LogP contribution in [0.2, 0.25) is 5.02 Å². The van der Waals surface area contributed by atoms with Crippen LogP contribution >= 0.6 is 11.6 Å². The molecule has 3 aromatic rings. The Balaban J connectivity index is 0.00000342. The molecule has 3 aromatic carbocycles. The van der Waals surface area contributed by atoms with Gasteiger partial charge in [-0.05, 0) is 42.6 Å². The number of benzene rings is 3. The molecule has 182 valence electrons. The zero-order valence-electron chi connectivity index (χ0n) is 18.9. The molecule has 1 N–H and O–H groups in total. The Kier molecular flexibility index (Phi) is 9.61. The second-order valence-corrected chi connectivity index (χ2v) is 8.59. The first-order valence-corrected chi connectivity index (χ1v) is 11.5. The minimum atomic E-state index is -1.05. The van der Waals surface area contributed by atoms with Gasteiger partial charge in [0.2, 0.25) is 0 Å². The van der Waals surface area contributed by atoms with Gasteiger partial charge < -0.3 is 15.2 Å². The van der Waals surface area contributed by atoms with Crippen molar-refractivity contribution in [3.05, 3.63) is 106 Å². The molecule has 4 rings (SSSR count). The van der Waals surface area contributed by atoms with E-state index in [0.717, 1.165) is 30.5 Å². The van der Waals surface area contributed by atoms with Gasteiger partial charge in [0.15, 0.2) is 0 Å². The summed E-state index contributed by atoms with van der Waals surface area (Å²) in [7, 11) is 0. The Morgan fingerprint density at radius 2 is 1.71 bits per heavy atom. The summed E-state index contributed by atoms with van der Waals surface area (Å²) in [5, 5.41) is 14.1. The predicted octanol–water partition coefficient (Wildman–Crippen LogP) is 5.46. The monoisotopic (exact) mass is 532 g/mol. The molecule has 1 saturated heterocycles. The summed E-state index contributed by atoms with van der Waals surface area (Å²) in [6, 6.07) is 24.0. The van der Waals surface area contributed by atoms with Crippen LogP contribution in [0.1, 0.15) is 29.5 Å². The normalized spacial score (nSPS) is 15.9. The number of likely N-dealkylation sites (tertiary alicyclic amines) is 1. The SMILES string of the molecule is O=C(O)CN=C(c1ccccc1)c1cc(Cl)ccc1[N-]C(=O)[C@@H]1CCCN1Cc1ccccc1.[Ni+2]. The van der Waals surface area contributed by atoms with Crippen molar-refractivity contribution in [3.8, 4) is 0 Å². The maximum absolute atomic E-state index is 13.3. The van der Waals surface area contributed by atoms with E-state index in [-0.39, 0.29) is 28.4 Å². The summed E-state index contributed by atoms with van der Waals surface area (Å²) < 4.78 is 0. The Morgan fingerprint density at radius 3 is 2.40 bits per heavy atom. The van der Waals surface area contributed by atoms with E-state index in [2.05, 4.69) is 27.3 Å². The molecule has 8 heteroatoms. The molecule has 0 aliphatic carbocycles.